The van der Waals surface area contributed by atoms with Crippen molar-refractivity contribution in [2.45, 2.75) is 35.8 Å². The molecule has 0 saturated carbocycles. The fourth-order valence-corrected chi connectivity index (χ4v) is 5.53. The molecule has 0 heterocycles. The van der Waals surface area contributed by atoms with Crippen molar-refractivity contribution >= 4 is 23.2 Å². The first-order valence-corrected chi connectivity index (χ1v) is 11.9. The molecule has 0 saturated heterocycles. The van der Waals surface area contributed by atoms with Gasteiger partial charge in [-0.05, 0) is 36.1 Å². The van der Waals surface area contributed by atoms with E-state index in [1.165, 1.54) is 0 Å². The highest BCUT2D eigenvalue weighted by Gasteiger charge is 2.45. The molecule has 168 valence electrons. The monoisotopic (exact) mass is 474 g/mol. The molecule has 0 bridgehead atoms. The Morgan fingerprint density at radius 1 is 0.455 bits per heavy atom. The van der Waals surface area contributed by atoms with Crippen molar-refractivity contribution in [1.82, 2.24) is 0 Å². The van der Waals surface area contributed by atoms with Crippen molar-refractivity contribution in [3.8, 4) is 0 Å². The third-order valence-corrected chi connectivity index (χ3v) is 6.55. The third kappa shape index (κ3) is 5.50. The normalized spacial score (nSPS) is 15.2. The standard InChI is InChI=1S/C30H28Cl2O/c1-29(31,27(23-15-7-3-8-16-23)24-17-9-4-10-18-24)33-30(2,32)28(25-19-11-5-12-20-25)26-21-13-6-14-22-26/h3-22,27-28H,1-2H3. The van der Waals surface area contributed by atoms with Gasteiger partial charge >= 0.3 is 0 Å². The van der Waals surface area contributed by atoms with Crippen molar-refractivity contribution < 1.29 is 4.74 Å². The number of halogens is 2. The van der Waals surface area contributed by atoms with Crippen LogP contribution in [-0.4, -0.2) is 10.1 Å². The predicted octanol–water partition coefficient (Wildman–Crippen LogP) is 8.58. The van der Waals surface area contributed by atoms with Crippen LogP contribution in [-0.2, 0) is 4.74 Å². The zero-order valence-electron chi connectivity index (χ0n) is 18.9. The minimum Gasteiger partial charge on any atom is -0.337 e. The van der Waals surface area contributed by atoms with E-state index in [-0.39, 0.29) is 11.8 Å². The Kier molecular flexibility index (Phi) is 7.24. The summed E-state index contributed by atoms with van der Waals surface area (Å²) in [6, 6.07) is 40.9. The summed E-state index contributed by atoms with van der Waals surface area (Å²) in [6.07, 6.45) is 0. The van der Waals surface area contributed by atoms with Gasteiger partial charge in [-0.15, -0.1) is 0 Å². The number of hydrogen-bond donors (Lipinski definition) is 0. The topological polar surface area (TPSA) is 9.23 Å². The number of benzene rings is 4. The van der Waals surface area contributed by atoms with Gasteiger partial charge in [-0.25, -0.2) is 0 Å². The molecule has 3 heteroatoms. The number of rotatable bonds is 8. The van der Waals surface area contributed by atoms with Crippen molar-refractivity contribution in [2.75, 3.05) is 0 Å². The minimum absolute atomic E-state index is 0.216. The number of ether oxygens (including phenoxy) is 1. The molecule has 0 radical (unpaired) electrons. The summed E-state index contributed by atoms with van der Waals surface area (Å²) in [7, 11) is 0. The summed E-state index contributed by atoms with van der Waals surface area (Å²) >= 11 is 14.5. The second kappa shape index (κ2) is 10.1. The predicted molar refractivity (Wildman–Crippen MR) is 139 cm³/mol. The molecular formula is C30H28Cl2O. The lowest BCUT2D eigenvalue weighted by molar-refractivity contribution is -0.0630. The van der Waals surface area contributed by atoms with Crippen LogP contribution < -0.4 is 0 Å². The average Bonchev–Trinajstić information content (AvgIpc) is 2.81. The van der Waals surface area contributed by atoms with Crippen molar-refractivity contribution in [1.29, 1.82) is 0 Å². The Balaban J connectivity index is 1.76. The Morgan fingerprint density at radius 3 is 0.879 bits per heavy atom. The molecule has 4 aromatic carbocycles. The van der Waals surface area contributed by atoms with Gasteiger partial charge in [0.25, 0.3) is 0 Å². The summed E-state index contributed by atoms with van der Waals surface area (Å²) in [4.78, 5) is 0. The van der Waals surface area contributed by atoms with Crippen LogP contribution in [0.25, 0.3) is 0 Å². The number of alkyl halides is 2. The van der Waals surface area contributed by atoms with Crippen LogP contribution in [0.4, 0.5) is 0 Å². The lowest BCUT2D eigenvalue weighted by Gasteiger charge is -2.42. The molecule has 4 aromatic rings. The molecule has 0 N–H and O–H groups in total. The molecule has 2 atom stereocenters. The van der Waals surface area contributed by atoms with Crippen LogP contribution >= 0.6 is 23.2 Å². The van der Waals surface area contributed by atoms with Gasteiger partial charge in [-0.2, -0.15) is 0 Å². The molecule has 0 aliphatic rings. The lowest BCUT2D eigenvalue weighted by atomic mass is 9.84. The van der Waals surface area contributed by atoms with E-state index < -0.39 is 10.1 Å². The van der Waals surface area contributed by atoms with Gasteiger partial charge in [-0.3, -0.25) is 0 Å². The van der Waals surface area contributed by atoms with Crippen LogP contribution in [0.1, 0.15) is 47.9 Å². The van der Waals surface area contributed by atoms with Crippen molar-refractivity contribution in [3.05, 3.63) is 144 Å². The zero-order chi connectivity index (χ0) is 23.3. The van der Waals surface area contributed by atoms with Gasteiger partial charge in [0, 0.05) is 0 Å². The summed E-state index contributed by atoms with van der Waals surface area (Å²) < 4.78 is 6.70. The smallest absolute Gasteiger partial charge is 0.152 e. The summed E-state index contributed by atoms with van der Waals surface area (Å²) in [5.74, 6) is -0.432. The zero-order valence-corrected chi connectivity index (χ0v) is 20.4. The second-order valence-corrected chi connectivity index (χ2v) is 10.1. The molecule has 33 heavy (non-hydrogen) atoms. The van der Waals surface area contributed by atoms with Gasteiger partial charge < -0.3 is 4.74 Å². The lowest BCUT2D eigenvalue weighted by Crippen LogP contribution is -2.42. The molecular weight excluding hydrogens is 447 g/mol. The molecule has 2 unspecified atom stereocenters. The molecule has 0 amide bonds. The molecule has 0 aliphatic carbocycles. The molecule has 0 fully saturated rings. The molecule has 0 aliphatic heterocycles. The van der Waals surface area contributed by atoms with E-state index in [9.17, 15) is 0 Å². The fourth-order valence-electron chi connectivity index (χ4n) is 4.67. The van der Waals surface area contributed by atoms with E-state index in [1.54, 1.807) is 0 Å². The van der Waals surface area contributed by atoms with E-state index in [0.717, 1.165) is 22.3 Å². The highest BCUT2D eigenvalue weighted by Crippen LogP contribution is 2.48. The van der Waals surface area contributed by atoms with E-state index in [0.29, 0.717) is 0 Å². The first-order valence-electron chi connectivity index (χ1n) is 11.2. The van der Waals surface area contributed by atoms with Crippen LogP contribution in [0.3, 0.4) is 0 Å². The van der Waals surface area contributed by atoms with Crippen LogP contribution in [0, 0.1) is 0 Å². The van der Waals surface area contributed by atoms with Gasteiger partial charge in [0.2, 0.25) is 0 Å². The van der Waals surface area contributed by atoms with Crippen LogP contribution in [0.2, 0.25) is 0 Å². The quantitative estimate of drug-likeness (QED) is 0.232. The minimum atomic E-state index is -1.11. The van der Waals surface area contributed by atoms with Gasteiger partial charge in [0.05, 0.1) is 11.8 Å². The van der Waals surface area contributed by atoms with E-state index in [2.05, 4.69) is 48.5 Å². The first kappa shape index (κ1) is 23.6. The summed E-state index contributed by atoms with van der Waals surface area (Å²) in [5.41, 5.74) is 4.29. The molecule has 0 aromatic heterocycles. The fraction of sp³-hybridized carbons (Fsp3) is 0.200. The first-order chi connectivity index (χ1) is 15.9. The largest absolute Gasteiger partial charge is 0.337 e. The van der Waals surface area contributed by atoms with Crippen molar-refractivity contribution in [2.24, 2.45) is 0 Å². The highest BCUT2D eigenvalue weighted by molar-refractivity contribution is 6.26. The Hall–Kier alpha value is -2.58. The average molecular weight is 475 g/mol. The van der Waals surface area contributed by atoms with Gasteiger partial charge in [0.1, 0.15) is 0 Å². The maximum absolute atomic E-state index is 7.27. The Bertz CT molecular complexity index is 955. The SMILES string of the molecule is CC(Cl)(OC(C)(Cl)C(c1ccccc1)c1ccccc1)C(c1ccccc1)c1ccccc1. The highest BCUT2D eigenvalue weighted by atomic mass is 35.5. The summed E-state index contributed by atoms with van der Waals surface area (Å²) in [6.45, 7) is 3.82. The van der Waals surface area contributed by atoms with E-state index in [1.807, 2.05) is 86.6 Å². The maximum Gasteiger partial charge on any atom is 0.152 e. The maximum atomic E-state index is 7.27. The van der Waals surface area contributed by atoms with Crippen LogP contribution in [0.5, 0.6) is 0 Å². The number of hydrogen-bond acceptors (Lipinski definition) is 1. The Labute approximate surface area is 207 Å². The van der Waals surface area contributed by atoms with Gasteiger partial charge in [0.15, 0.2) is 10.1 Å². The van der Waals surface area contributed by atoms with E-state index >= 15 is 0 Å². The second-order valence-electron chi connectivity index (χ2n) is 8.58. The van der Waals surface area contributed by atoms with Crippen molar-refractivity contribution in [3.63, 3.8) is 0 Å². The van der Waals surface area contributed by atoms with Crippen LogP contribution in [0.15, 0.2) is 121 Å². The molecule has 1 nitrogen and oxygen atoms in total. The van der Waals surface area contributed by atoms with E-state index in [4.69, 9.17) is 27.9 Å². The Morgan fingerprint density at radius 2 is 0.667 bits per heavy atom. The van der Waals surface area contributed by atoms with Gasteiger partial charge in [-0.1, -0.05) is 145 Å². The molecule has 4 rings (SSSR count). The summed E-state index contributed by atoms with van der Waals surface area (Å²) in [5, 5.41) is -2.22. The third-order valence-electron chi connectivity index (χ3n) is 5.96. The molecule has 0 spiro atoms.